The molecule has 1 saturated heterocycles. The fraction of sp³-hybridized carbons (Fsp3) is 0.550. The predicted molar refractivity (Wildman–Crippen MR) is 97.4 cm³/mol. The van der Waals surface area contributed by atoms with Gasteiger partial charge >= 0.3 is 0 Å². The van der Waals surface area contributed by atoms with Crippen LogP contribution in [0.1, 0.15) is 48.9 Å². The smallest absolute Gasteiger partial charge is 0.252 e. The van der Waals surface area contributed by atoms with Crippen LogP contribution in [0.5, 0.6) is 5.75 Å². The van der Waals surface area contributed by atoms with Crippen LogP contribution in [-0.4, -0.2) is 47.3 Å². The summed E-state index contributed by atoms with van der Waals surface area (Å²) in [5.41, 5.74) is 1.00. The lowest BCUT2D eigenvalue weighted by molar-refractivity contribution is -0.133. The van der Waals surface area contributed by atoms with E-state index in [1.807, 2.05) is 29.2 Å². The quantitative estimate of drug-likeness (QED) is 0.745. The van der Waals surface area contributed by atoms with Gasteiger partial charge in [-0.2, -0.15) is 4.98 Å². The lowest BCUT2D eigenvalue weighted by Crippen LogP contribution is -2.41. The molecule has 2 aromatic rings. The molecular formula is C20H25N3O4. The van der Waals surface area contributed by atoms with Crippen LogP contribution >= 0.6 is 0 Å². The highest BCUT2D eigenvalue weighted by Crippen LogP contribution is 2.38. The number of nitrogens with zero attached hydrogens (tertiary/aromatic N) is 3. The Morgan fingerprint density at radius 1 is 1.19 bits per heavy atom. The Bertz CT molecular complexity index is 762. The van der Waals surface area contributed by atoms with Gasteiger partial charge in [-0.25, -0.2) is 0 Å². The van der Waals surface area contributed by atoms with Crippen LogP contribution in [0, 0.1) is 0 Å². The van der Waals surface area contributed by atoms with Gasteiger partial charge in [0.25, 0.3) is 5.89 Å². The first-order valence-corrected chi connectivity index (χ1v) is 9.56. The van der Waals surface area contributed by atoms with Crippen molar-refractivity contribution in [2.45, 2.75) is 50.7 Å². The molecule has 0 unspecified atom stereocenters. The summed E-state index contributed by atoms with van der Waals surface area (Å²) in [6.07, 6.45) is 4.52. The van der Waals surface area contributed by atoms with Gasteiger partial charge in [-0.3, -0.25) is 4.79 Å². The number of hydrogen-bond donors (Lipinski definition) is 0. The monoisotopic (exact) mass is 371 g/mol. The highest BCUT2D eigenvalue weighted by atomic mass is 16.5. The topological polar surface area (TPSA) is 77.7 Å². The molecule has 144 valence electrons. The van der Waals surface area contributed by atoms with E-state index in [1.165, 1.54) is 0 Å². The number of ether oxygens (including phenoxy) is 2. The van der Waals surface area contributed by atoms with Gasteiger partial charge < -0.3 is 18.9 Å². The minimum absolute atomic E-state index is 0.131. The Hall–Kier alpha value is -2.41. The molecule has 0 atom stereocenters. The number of piperidine rings is 1. The van der Waals surface area contributed by atoms with E-state index in [1.54, 1.807) is 7.11 Å². The Morgan fingerprint density at radius 2 is 1.93 bits per heavy atom. The van der Waals surface area contributed by atoms with Crippen LogP contribution in [0.2, 0.25) is 0 Å². The molecule has 1 aromatic heterocycles. The second kappa shape index (κ2) is 8.08. The molecule has 2 fully saturated rings. The third-order valence-electron chi connectivity index (χ3n) is 5.18. The zero-order valence-electron chi connectivity index (χ0n) is 15.6. The second-order valence-electron chi connectivity index (χ2n) is 7.24. The maximum Gasteiger partial charge on any atom is 0.252 e. The van der Waals surface area contributed by atoms with E-state index >= 15 is 0 Å². The summed E-state index contributed by atoms with van der Waals surface area (Å²) >= 11 is 0. The molecular weight excluding hydrogens is 346 g/mol. The molecule has 0 spiro atoms. The predicted octanol–water partition coefficient (Wildman–Crippen LogP) is 2.71. The molecule has 7 nitrogen and oxygen atoms in total. The maximum atomic E-state index is 12.5. The standard InChI is InChI=1S/C20H25N3O4/c1-25-16-6-2-14(3-7-16)12-19(24)23-10-8-17(9-11-23)26-13-18-21-20(22-27-18)15-4-5-15/h2-3,6-7,15,17H,4-5,8-13H2,1H3. The van der Waals surface area contributed by atoms with Crippen molar-refractivity contribution in [3.8, 4) is 5.75 Å². The zero-order valence-corrected chi connectivity index (χ0v) is 15.6. The average molecular weight is 371 g/mol. The normalized spacial score (nSPS) is 17.9. The van der Waals surface area contributed by atoms with Crippen LogP contribution in [0.4, 0.5) is 0 Å². The lowest BCUT2D eigenvalue weighted by Gasteiger charge is -2.31. The first kappa shape index (κ1) is 18.0. The van der Waals surface area contributed by atoms with Gasteiger partial charge in [0, 0.05) is 19.0 Å². The fourth-order valence-electron chi connectivity index (χ4n) is 3.32. The fourth-order valence-corrected chi connectivity index (χ4v) is 3.32. The molecule has 1 amide bonds. The largest absolute Gasteiger partial charge is 0.497 e. The Labute approximate surface area is 158 Å². The van der Waals surface area contributed by atoms with Gasteiger partial charge in [0.15, 0.2) is 5.82 Å². The van der Waals surface area contributed by atoms with E-state index in [2.05, 4.69) is 10.1 Å². The number of amides is 1. The van der Waals surface area contributed by atoms with Crippen molar-refractivity contribution in [2.24, 2.45) is 0 Å². The van der Waals surface area contributed by atoms with E-state index in [9.17, 15) is 4.79 Å². The van der Waals surface area contributed by atoms with Gasteiger partial charge in [-0.05, 0) is 43.4 Å². The first-order chi connectivity index (χ1) is 13.2. The first-order valence-electron chi connectivity index (χ1n) is 9.56. The van der Waals surface area contributed by atoms with Crippen LogP contribution in [0.3, 0.4) is 0 Å². The molecule has 0 radical (unpaired) electrons. The van der Waals surface area contributed by atoms with Crippen molar-refractivity contribution >= 4 is 5.91 Å². The third-order valence-corrected chi connectivity index (χ3v) is 5.18. The number of carbonyl (C=O) groups excluding carboxylic acids is 1. The minimum atomic E-state index is 0.131. The highest BCUT2D eigenvalue weighted by molar-refractivity contribution is 5.78. The summed E-state index contributed by atoms with van der Waals surface area (Å²) in [7, 11) is 1.64. The van der Waals surface area contributed by atoms with Crippen LogP contribution in [0.25, 0.3) is 0 Å². The summed E-state index contributed by atoms with van der Waals surface area (Å²) in [6, 6.07) is 7.64. The van der Waals surface area contributed by atoms with Crippen molar-refractivity contribution in [3.63, 3.8) is 0 Å². The Balaban J connectivity index is 1.20. The second-order valence-corrected chi connectivity index (χ2v) is 7.24. The number of likely N-dealkylation sites (tertiary alicyclic amines) is 1. The molecule has 7 heteroatoms. The van der Waals surface area contributed by atoms with Crippen molar-refractivity contribution in [1.29, 1.82) is 0 Å². The average Bonchev–Trinajstić information content (AvgIpc) is 3.45. The molecule has 1 aliphatic carbocycles. The molecule has 0 N–H and O–H groups in total. The van der Waals surface area contributed by atoms with E-state index in [0.29, 0.717) is 24.8 Å². The molecule has 1 aromatic carbocycles. The molecule has 0 bridgehead atoms. The van der Waals surface area contributed by atoms with E-state index in [0.717, 1.165) is 55.9 Å². The third kappa shape index (κ3) is 4.66. The number of methoxy groups -OCH3 is 1. The van der Waals surface area contributed by atoms with Crippen LogP contribution < -0.4 is 4.74 Å². The summed E-state index contributed by atoms with van der Waals surface area (Å²) in [5.74, 6) is 2.81. The summed E-state index contributed by atoms with van der Waals surface area (Å²) in [6.45, 7) is 1.79. The number of hydrogen-bond acceptors (Lipinski definition) is 6. The molecule has 1 saturated carbocycles. The highest BCUT2D eigenvalue weighted by Gasteiger charge is 2.29. The van der Waals surface area contributed by atoms with E-state index in [4.69, 9.17) is 14.0 Å². The summed E-state index contributed by atoms with van der Waals surface area (Å²) in [5, 5.41) is 4.00. The van der Waals surface area contributed by atoms with Gasteiger partial charge in [0.1, 0.15) is 12.4 Å². The minimum Gasteiger partial charge on any atom is -0.497 e. The summed E-state index contributed by atoms with van der Waals surface area (Å²) in [4.78, 5) is 18.8. The molecule has 4 rings (SSSR count). The van der Waals surface area contributed by atoms with Crippen molar-refractivity contribution in [1.82, 2.24) is 15.0 Å². The van der Waals surface area contributed by atoms with Gasteiger partial charge in [-0.15, -0.1) is 0 Å². The van der Waals surface area contributed by atoms with Gasteiger partial charge in [0.2, 0.25) is 5.91 Å². The van der Waals surface area contributed by atoms with Gasteiger partial charge in [0.05, 0.1) is 19.6 Å². The Morgan fingerprint density at radius 3 is 2.59 bits per heavy atom. The van der Waals surface area contributed by atoms with Crippen molar-refractivity contribution < 1.29 is 18.8 Å². The lowest BCUT2D eigenvalue weighted by atomic mass is 10.1. The Kier molecular flexibility index (Phi) is 5.38. The number of carbonyl (C=O) groups is 1. The van der Waals surface area contributed by atoms with Crippen LogP contribution in [-0.2, 0) is 22.6 Å². The van der Waals surface area contributed by atoms with Crippen molar-refractivity contribution in [2.75, 3.05) is 20.2 Å². The molecule has 27 heavy (non-hydrogen) atoms. The zero-order chi connectivity index (χ0) is 18.6. The van der Waals surface area contributed by atoms with E-state index in [-0.39, 0.29) is 12.0 Å². The van der Waals surface area contributed by atoms with E-state index < -0.39 is 0 Å². The van der Waals surface area contributed by atoms with Gasteiger partial charge in [-0.1, -0.05) is 17.3 Å². The SMILES string of the molecule is COc1ccc(CC(=O)N2CCC(OCc3nc(C4CC4)no3)CC2)cc1. The molecule has 2 heterocycles. The molecule has 1 aliphatic heterocycles. The number of benzene rings is 1. The maximum absolute atomic E-state index is 12.5. The molecule has 2 aliphatic rings. The van der Waals surface area contributed by atoms with Crippen molar-refractivity contribution in [3.05, 3.63) is 41.5 Å². The van der Waals surface area contributed by atoms with Crippen LogP contribution in [0.15, 0.2) is 28.8 Å². The number of rotatable bonds is 7. The summed E-state index contributed by atoms with van der Waals surface area (Å²) < 4.78 is 16.3. The number of aromatic nitrogens is 2.